The number of hydrogen-bond donors (Lipinski definition) is 0. The van der Waals surface area contributed by atoms with Gasteiger partial charge in [0.25, 0.3) is 0 Å². The quantitative estimate of drug-likeness (QED) is 0.543. The van der Waals surface area contributed by atoms with Gasteiger partial charge in [0.15, 0.2) is 0 Å². The van der Waals surface area contributed by atoms with E-state index in [0.717, 1.165) is 11.5 Å². The van der Waals surface area contributed by atoms with Gasteiger partial charge in [0.1, 0.15) is 0 Å². The van der Waals surface area contributed by atoms with Gasteiger partial charge in [-0.2, -0.15) is 0 Å². The Bertz CT molecular complexity index is 441. The van der Waals surface area contributed by atoms with Gasteiger partial charge in [-0.05, 0) is 60.0 Å². The molecule has 0 amide bonds. The Kier molecular flexibility index (Phi) is 8.27. The number of thioether (sulfide) groups is 2. The van der Waals surface area contributed by atoms with Crippen LogP contribution < -0.4 is 0 Å². The van der Waals surface area contributed by atoms with Gasteiger partial charge in [-0.15, -0.1) is 23.5 Å². The highest BCUT2D eigenvalue weighted by atomic mass is 32.2. The van der Waals surface area contributed by atoms with Crippen molar-refractivity contribution in [2.75, 3.05) is 11.5 Å². The lowest BCUT2D eigenvalue weighted by Crippen LogP contribution is -1.77. The predicted molar refractivity (Wildman–Crippen MR) is 96.5 cm³/mol. The van der Waals surface area contributed by atoms with Gasteiger partial charge < -0.3 is 0 Å². The molecule has 0 nitrogen and oxygen atoms in total. The molecule has 0 aliphatic rings. The van der Waals surface area contributed by atoms with Crippen LogP contribution in [-0.2, 0) is 0 Å². The largest absolute Gasteiger partial charge is 0.126 e. The first-order valence-corrected chi connectivity index (χ1v) is 9.24. The van der Waals surface area contributed by atoms with Gasteiger partial charge in [-0.3, -0.25) is 0 Å². The van der Waals surface area contributed by atoms with Crippen LogP contribution in [-0.4, -0.2) is 11.5 Å². The van der Waals surface area contributed by atoms with Gasteiger partial charge in [0.05, 0.1) is 0 Å². The highest BCUT2D eigenvalue weighted by Crippen LogP contribution is 2.30. The first-order chi connectivity index (χ1) is 9.31. The normalized spacial score (nSPS) is 10.1. The van der Waals surface area contributed by atoms with Crippen molar-refractivity contribution in [2.45, 2.75) is 40.9 Å². The molecule has 0 saturated heterocycles. The van der Waals surface area contributed by atoms with E-state index in [1.165, 1.54) is 19.6 Å². The molecule has 0 radical (unpaired) electrons. The van der Waals surface area contributed by atoms with E-state index >= 15 is 0 Å². The lowest BCUT2D eigenvalue weighted by atomic mass is 10.4. The Labute approximate surface area is 136 Å². The molecule has 0 unspecified atom stereocenters. The molecule has 20 heavy (non-hydrogen) atoms. The molecule has 2 rings (SSSR count). The first-order valence-electron chi connectivity index (χ1n) is 6.45. The molecule has 0 aromatic heterocycles. The number of rotatable bonds is 6. The van der Waals surface area contributed by atoms with Gasteiger partial charge in [0, 0.05) is 19.6 Å². The lowest BCUT2D eigenvalue weighted by molar-refractivity contribution is 1.31. The maximum Gasteiger partial charge on any atom is 0.0123 e. The van der Waals surface area contributed by atoms with E-state index in [-0.39, 0.29) is 7.43 Å². The van der Waals surface area contributed by atoms with Gasteiger partial charge in [-0.1, -0.05) is 33.0 Å². The fourth-order valence-corrected chi connectivity index (χ4v) is 3.82. The van der Waals surface area contributed by atoms with Crippen LogP contribution in [0.25, 0.3) is 0 Å². The molecule has 0 aliphatic heterocycles. The third kappa shape index (κ3) is 5.47. The summed E-state index contributed by atoms with van der Waals surface area (Å²) in [7, 11) is 0. The molecular weight excluding hydrogens is 300 g/mol. The summed E-state index contributed by atoms with van der Waals surface area (Å²) in [6.45, 7) is 4.37. The Hall–Kier alpha value is -0.510. The molecule has 108 valence electrons. The zero-order valence-electron chi connectivity index (χ0n) is 11.3. The zero-order valence-corrected chi connectivity index (χ0v) is 13.7. The monoisotopic (exact) mass is 322 g/mol. The van der Waals surface area contributed by atoms with Crippen LogP contribution in [0.2, 0.25) is 0 Å². The van der Waals surface area contributed by atoms with Crippen molar-refractivity contribution in [2.24, 2.45) is 0 Å². The Morgan fingerprint density at radius 1 is 0.600 bits per heavy atom. The van der Waals surface area contributed by atoms with Gasteiger partial charge in [-0.25, -0.2) is 0 Å². The zero-order chi connectivity index (χ0) is 13.5. The minimum absolute atomic E-state index is 0. The molecule has 0 spiro atoms. The smallest absolute Gasteiger partial charge is 0.0123 e. The molecule has 0 aliphatic carbocycles. The van der Waals surface area contributed by atoms with Crippen LogP contribution >= 0.6 is 35.3 Å². The summed E-state index contributed by atoms with van der Waals surface area (Å²) in [6.07, 6.45) is 0. The van der Waals surface area contributed by atoms with Crippen LogP contribution in [0.4, 0.5) is 0 Å². The second-order valence-electron chi connectivity index (χ2n) is 3.91. The van der Waals surface area contributed by atoms with Crippen molar-refractivity contribution < 1.29 is 0 Å². The standard InChI is InChI=1S/C16H18S3.CH4/c1-3-17-13-5-9-15(10-6-13)19-16-11-7-14(8-12-16)18-4-2;/h5-12H,3-4H2,1-2H3;1H4. The van der Waals surface area contributed by atoms with Crippen LogP contribution in [0.3, 0.4) is 0 Å². The predicted octanol–water partition coefficient (Wildman–Crippen LogP) is 6.70. The molecule has 0 saturated carbocycles. The molecular formula is C17H22S3. The second-order valence-corrected chi connectivity index (χ2v) is 7.73. The average molecular weight is 323 g/mol. The molecule has 0 atom stereocenters. The van der Waals surface area contributed by atoms with Gasteiger partial charge >= 0.3 is 0 Å². The minimum Gasteiger partial charge on any atom is -0.126 e. The van der Waals surface area contributed by atoms with Crippen molar-refractivity contribution in [1.82, 2.24) is 0 Å². The number of hydrogen-bond acceptors (Lipinski definition) is 3. The summed E-state index contributed by atoms with van der Waals surface area (Å²) in [6, 6.07) is 17.6. The molecule has 2 aromatic carbocycles. The highest BCUT2D eigenvalue weighted by molar-refractivity contribution is 8.00. The summed E-state index contributed by atoms with van der Waals surface area (Å²) in [4.78, 5) is 5.30. The molecule has 2 aromatic rings. The van der Waals surface area contributed by atoms with E-state index in [4.69, 9.17) is 0 Å². The lowest BCUT2D eigenvalue weighted by Gasteiger charge is -2.04. The SMILES string of the molecule is C.CCSc1ccc(Sc2ccc(SCC)cc2)cc1. The van der Waals surface area contributed by atoms with Crippen molar-refractivity contribution >= 4 is 35.3 Å². The van der Waals surface area contributed by atoms with Crippen molar-refractivity contribution in [1.29, 1.82) is 0 Å². The van der Waals surface area contributed by atoms with E-state index in [1.807, 2.05) is 35.3 Å². The van der Waals surface area contributed by atoms with Gasteiger partial charge in [0.2, 0.25) is 0 Å². The molecule has 0 fully saturated rings. The van der Waals surface area contributed by atoms with E-state index in [2.05, 4.69) is 62.4 Å². The summed E-state index contributed by atoms with van der Waals surface area (Å²) in [5.74, 6) is 2.26. The molecule has 3 heteroatoms. The van der Waals surface area contributed by atoms with Crippen molar-refractivity contribution in [3.63, 3.8) is 0 Å². The summed E-state index contributed by atoms with van der Waals surface area (Å²) in [5, 5.41) is 0. The third-order valence-electron chi connectivity index (χ3n) is 2.51. The van der Waals surface area contributed by atoms with Crippen LogP contribution in [0.5, 0.6) is 0 Å². The van der Waals surface area contributed by atoms with E-state index in [9.17, 15) is 0 Å². The van der Waals surface area contributed by atoms with Crippen LogP contribution in [0.15, 0.2) is 68.1 Å². The molecule has 0 N–H and O–H groups in total. The fraction of sp³-hybridized carbons (Fsp3) is 0.294. The Morgan fingerprint density at radius 2 is 0.900 bits per heavy atom. The van der Waals surface area contributed by atoms with E-state index in [1.54, 1.807) is 0 Å². The minimum atomic E-state index is 0. The first kappa shape index (κ1) is 17.5. The Morgan fingerprint density at radius 3 is 1.20 bits per heavy atom. The van der Waals surface area contributed by atoms with Crippen LogP contribution in [0, 0.1) is 0 Å². The topological polar surface area (TPSA) is 0 Å². The van der Waals surface area contributed by atoms with Crippen molar-refractivity contribution in [3.05, 3.63) is 48.5 Å². The molecule has 0 heterocycles. The maximum absolute atomic E-state index is 2.21. The summed E-state index contributed by atoms with van der Waals surface area (Å²) < 4.78 is 0. The van der Waals surface area contributed by atoms with Crippen LogP contribution in [0.1, 0.15) is 21.3 Å². The third-order valence-corrected chi connectivity index (χ3v) is 5.31. The maximum atomic E-state index is 2.21. The van der Waals surface area contributed by atoms with E-state index < -0.39 is 0 Å². The Balaban J connectivity index is 0.00000200. The summed E-state index contributed by atoms with van der Waals surface area (Å²) >= 11 is 5.59. The summed E-state index contributed by atoms with van der Waals surface area (Å²) in [5.41, 5.74) is 0. The van der Waals surface area contributed by atoms with E-state index in [0.29, 0.717) is 0 Å². The van der Waals surface area contributed by atoms with Crippen molar-refractivity contribution in [3.8, 4) is 0 Å². The average Bonchev–Trinajstić information content (AvgIpc) is 2.44. The fourth-order valence-electron chi connectivity index (χ4n) is 1.68. The molecule has 0 bridgehead atoms. The number of benzene rings is 2. The second kappa shape index (κ2) is 9.43. The highest BCUT2D eigenvalue weighted by Gasteiger charge is 1.99.